The number of hydrogen-bond acceptors (Lipinski definition) is 7. The smallest absolute Gasteiger partial charge is 0.325 e. The van der Waals surface area contributed by atoms with Crippen molar-refractivity contribution in [2.75, 3.05) is 11.9 Å². The summed E-state index contributed by atoms with van der Waals surface area (Å²) in [7, 11) is 3.91. The Hall–Kier alpha value is -4.46. The minimum atomic E-state index is -0.142. The molecule has 158 valence electrons. The molecule has 2 aromatic carbocycles. The van der Waals surface area contributed by atoms with E-state index in [-0.39, 0.29) is 11.9 Å². The van der Waals surface area contributed by atoms with Gasteiger partial charge in [-0.05, 0) is 48.5 Å². The Kier molecular flexibility index (Phi) is 4.87. The van der Waals surface area contributed by atoms with Crippen LogP contribution in [0.2, 0.25) is 0 Å². The highest BCUT2D eigenvalue weighted by molar-refractivity contribution is 5.82. The molecule has 0 aliphatic heterocycles. The summed E-state index contributed by atoms with van der Waals surface area (Å²) in [4.78, 5) is 14.4. The van der Waals surface area contributed by atoms with Crippen molar-refractivity contribution in [2.24, 2.45) is 7.05 Å². The predicted octanol–water partition coefficient (Wildman–Crippen LogP) is 4.69. The second kappa shape index (κ2) is 7.99. The molecular formula is C24H20N6O2. The molecule has 0 radical (unpaired) electrons. The van der Waals surface area contributed by atoms with Crippen LogP contribution >= 0.6 is 0 Å². The summed E-state index contributed by atoms with van der Waals surface area (Å²) in [6.45, 7) is 0. The molecule has 0 amide bonds. The summed E-state index contributed by atoms with van der Waals surface area (Å²) in [5.74, 6) is 0.420. The van der Waals surface area contributed by atoms with Gasteiger partial charge in [0.05, 0.1) is 22.8 Å². The van der Waals surface area contributed by atoms with Crippen LogP contribution < -0.4 is 9.64 Å². The van der Waals surface area contributed by atoms with Gasteiger partial charge in [0.1, 0.15) is 5.75 Å². The zero-order valence-electron chi connectivity index (χ0n) is 17.5. The van der Waals surface area contributed by atoms with Crippen molar-refractivity contribution in [1.82, 2.24) is 24.7 Å². The van der Waals surface area contributed by atoms with Gasteiger partial charge < -0.3 is 14.7 Å². The molecule has 0 aliphatic carbocycles. The molecule has 1 N–H and O–H groups in total. The van der Waals surface area contributed by atoms with Gasteiger partial charge in [0.15, 0.2) is 0 Å². The number of anilines is 2. The summed E-state index contributed by atoms with van der Waals surface area (Å²) in [6.07, 6.45) is 5.06. The maximum absolute atomic E-state index is 10.1. The molecule has 0 fully saturated rings. The number of aromatic nitrogens is 5. The first-order valence-electron chi connectivity index (χ1n) is 9.99. The number of nitrogens with zero attached hydrogens (tertiary/aromatic N) is 6. The first kappa shape index (κ1) is 19.5. The lowest BCUT2D eigenvalue weighted by molar-refractivity contribution is 0.412. The number of aromatic hydroxyl groups is 1. The van der Waals surface area contributed by atoms with E-state index in [1.807, 2.05) is 62.8 Å². The lowest BCUT2D eigenvalue weighted by atomic mass is 10.1. The number of pyridine rings is 1. The molecule has 0 spiro atoms. The van der Waals surface area contributed by atoms with Gasteiger partial charge >= 0.3 is 6.01 Å². The number of rotatable bonds is 5. The van der Waals surface area contributed by atoms with Gasteiger partial charge in [0.25, 0.3) is 0 Å². The van der Waals surface area contributed by atoms with Crippen LogP contribution in [0, 0.1) is 0 Å². The third-order valence-electron chi connectivity index (χ3n) is 5.13. The van der Waals surface area contributed by atoms with E-state index < -0.39 is 0 Å². The van der Waals surface area contributed by atoms with E-state index in [0.29, 0.717) is 16.7 Å². The first-order chi connectivity index (χ1) is 15.6. The van der Waals surface area contributed by atoms with E-state index in [1.54, 1.807) is 23.1 Å². The Morgan fingerprint density at radius 2 is 1.81 bits per heavy atom. The third-order valence-corrected chi connectivity index (χ3v) is 5.13. The van der Waals surface area contributed by atoms with Crippen LogP contribution in [-0.4, -0.2) is 36.9 Å². The van der Waals surface area contributed by atoms with Crippen LogP contribution in [0.1, 0.15) is 0 Å². The summed E-state index contributed by atoms with van der Waals surface area (Å²) in [6, 6.07) is 19.5. The van der Waals surface area contributed by atoms with Crippen molar-refractivity contribution in [3.05, 3.63) is 79.3 Å². The van der Waals surface area contributed by atoms with Crippen LogP contribution in [0.4, 0.5) is 11.4 Å². The summed E-state index contributed by atoms with van der Waals surface area (Å²) in [5.41, 5.74) is 4.52. The van der Waals surface area contributed by atoms with Crippen LogP contribution in [0.5, 0.6) is 17.6 Å². The second-order valence-corrected chi connectivity index (χ2v) is 7.30. The highest BCUT2D eigenvalue weighted by Crippen LogP contribution is 2.30. The molecule has 5 aromatic rings. The first-order valence-corrected chi connectivity index (χ1v) is 9.99. The zero-order chi connectivity index (χ0) is 22.1. The Labute approximate surface area is 184 Å². The van der Waals surface area contributed by atoms with Gasteiger partial charge in [0.2, 0.25) is 5.88 Å². The second-order valence-electron chi connectivity index (χ2n) is 7.30. The van der Waals surface area contributed by atoms with Gasteiger partial charge in [-0.15, -0.1) is 0 Å². The summed E-state index contributed by atoms with van der Waals surface area (Å²) < 4.78 is 7.54. The van der Waals surface area contributed by atoms with Gasteiger partial charge in [-0.25, -0.2) is 0 Å². The topological polar surface area (TPSA) is 89.2 Å². The number of benzene rings is 2. The standard InChI is InChI=1S/C24H20N6O2/c1-29-13-11-21(28-29)16-4-3-5-18(14-16)30(2)17-6-8-19(9-7-17)32-24-26-22-15-25-12-10-20(22)23(31)27-24/h3-15H,1-2H3,(H,26,27,31). The van der Waals surface area contributed by atoms with Gasteiger partial charge in [-0.1, -0.05) is 12.1 Å². The van der Waals surface area contributed by atoms with Crippen LogP contribution in [0.25, 0.3) is 22.2 Å². The lowest BCUT2D eigenvalue weighted by Crippen LogP contribution is -2.09. The molecule has 32 heavy (non-hydrogen) atoms. The summed E-state index contributed by atoms with van der Waals surface area (Å²) >= 11 is 0. The molecule has 3 heterocycles. The maximum atomic E-state index is 10.1. The van der Waals surface area contributed by atoms with E-state index in [9.17, 15) is 5.11 Å². The van der Waals surface area contributed by atoms with Gasteiger partial charge in [0, 0.05) is 43.4 Å². The van der Waals surface area contributed by atoms with Gasteiger partial charge in [-0.3, -0.25) is 9.67 Å². The van der Waals surface area contributed by atoms with E-state index in [2.05, 4.69) is 37.1 Å². The number of ether oxygens (including phenoxy) is 1. The molecule has 0 atom stereocenters. The molecule has 8 nitrogen and oxygen atoms in total. The molecule has 8 heteroatoms. The fourth-order valence-corrected chi connectivity index (χ4v) is 3.42. The Morgan fingerprint density at radius 1 is 0.969 bits per heavy atom. The van der Waals surface area contributed by atoms with E-state index in [0.717, 1.165) is 22.6 Å². The fraction of sp³-hybridized carbons (Fsp3) is 0.0833. The SMILES string of the molecule is CN(c1ccc(Oc2nc(O)c3ccncc3n2)cc1)c1cccc(-c2ccn(C)n2)c1. The van der Waals surface area contributed by atoms with Crippen molar-refractivity contribution < 1.29 is 9.84 Å². The Bertz CT molecular complexity index is 1400. The van der Waals surface area contributed by atoms with Crippen LogP contribution in [0.3, 0.4) is 0 Å². The fourth-order valence-electron chi connectivity index (χ4n) is 3.42. The minimum Gasteiger partial charge on any atom is -0.493 e. The highest BCUT2D eigenvalue weighted by atomic mass is 16.5. The van der Waals surface area contributed by atoms with Gasteiger partial charge in [-0.2, -0.15) is 15.1 Å². The molecule has 0 saturated heterocycles. The monoisotopic (exact) mass is 424 g/mol. The summed E-state index contributed by atoms with van der Waals surface area (Å²) in [5, 5.41) is 15.1. The van der Waals surface area contributed by atoms with Crippen LogP contribution in [-0.2, 0) is 7.05 Å². The maximum Gasteiger partial charge on any atom is 0.325 e. The number of aryl methyl sites for hydroxylation is 1. The lowest BCUT2D eigenvalue weighted by Gasteiger charge is -2.20. The number of hydrogen-bond donors (Lipinski definition) is 1. The molecule has 0 aliphatic rings. The normalized spacial score (nSPS) is 10.9. The number of fused-ring (bicyclic) bond motifs is 1. The molecule has 3 aromatic heterocycles. The van der Waals surface area contributed by atoms with Crippen molar-refractivity contribution in [1.29, 1.82) is 0 Å². The minimum absolute atomic E-state index is 0.0622. The van der Waals surface area contributed by atoms with E-state index in [4.69, 9.17) is 4.74 Å². The van der Waals surface area contributed by atoms with Crippen molar-refractivity contribution in [2.45, 2.75) is 0 Å². The zero-order valence-corrected chi connectivity index (χ0v) is 17.5. The average molecular weight is 424 g/mol. The van der Waals surface area contributed by atoms with E-state index in [1.165, 1.54) is 0 Å². The Morgan fingerprint density at radius 3 is 2.59 bits per heavy atom. The molecule has 0 unspecified atom stereocenters. The average Bonchev–Trinajstić information content (AvgIpc) is 3.26. The quantitative estimate of drug-likeness (QED) is 0.438. The largest absolute Gasteiger partial charge is 0.493 e. The third kappa shape index (κ3) is 3.81. The highest BCUT2D eigenvalue weighted by Gasteiger charge is 2.10. The van der Waals surface area contributed by atoms with Crippen molar-refractivity contribution in [3.63, 3.8) is 0 Å². The van der Waals surface area contributed by atoms with E-state index >= 15 is 0 Å². The molecular weight excluding hydrogens is 404 g/mol. The van der Waals surface area contributed by atoms with Crippen molar-refractivity contribution in [3.8, 4) is 28.9 Å². The molecule has 5 rings (SSSR count). The van der Waals surface area contributed by atoms with Crippen LogP contribution in [0.15, 0.2) is 79.3 Å². The Balaban J connectivity index is 1.36. The molecule has 0 bridgehead atoms. The predicted molar refractivity (Wildman–Crippen MR) is 122 cm³/mol. The van der Waals surface area contributed by atoms with Crippen molar-refractivity contribution >= 4 is 22.3 Å². The molecule has 0 saturated carbocycles.